The highest BCUT2D eigenvalue weighted by atomic mass is 16.2. The zero-order valence-electron chi connectivity index (χ0n) is 15.7. The van der Waals surface area contributed by atoms with Gasteiger partial charge >= 0.3 is 0 Å². The number of carbonyl (C=O) groups excluding carboxylic acids is 1. The molecule has 0 spiro atoms. The van der Waals surface area contributed by atoms with Crippen molar-refractivity contribution in [2.24, 2.45) is 16.3 Å². The molecule has 5 heteroatoms. The molecule has 1 aliphatic rings. The highest BCUT2D eigenvalue weighted by Crippen LogP contribution is 2.43. The number of amides is 1. The van der Waals surface area contributed by atoms with Gasteiger partial charge in [-0.3, -0.25) is 9.79 Å². The van der Waals surface area contributed by atoms with Gasteiger partial charge in [0.15, 0.2) is 5.96 Å². The van der Waals surface area contributed by atoms with E-state index in [9.17, 15) is 4.79 Å². The number of hydrogen-bond donors (Lipinski definition) is 2. The van der Waals surface area contributed by atoms with Gasteiger partial charge in [0.2, 0.25) is 5.91 Å². The Morgan fingerprint density at radius 1 is 1.22 bits per heavy atom. The van der Waals surface area contributed by atoms with Crippen LogP contribution >= 0.6 is 0 Å². The van der Waals surface area contributed by atoms with E-state index in [1.165, 1.54) is 32.1 Å². The van der Waals surface area contributed by atoms with Crippen LogP contribution in [0.1, 0.15) is 59.3 Å². The summed E-state index contributed by atoms with van der Waals surface area (Å²) >= 11 is 0. The predicted octanol–water partition coefficient (Wildman–Crippen LogP) is 2.63. The van der Waals surface area contributed by atoms with E-state index >= 15 is 0 Å². The van der Waals surface area contributed by atoms with Gasteiger partial charge < -0.3 is 15.5 Å². The van der Waals surface area contributed by atoms with Gasteiger partial charge in [0.25, 0.3) is 0 Å². The van der Waals surface area contributed by atoms with E-state index in [2.05, 4.69) is 31.4 Å². The van der Waals surface area contributed by atoms with E-state index < -0.39 is 0 Å². The maximum Gasteiger partial charge on any atom is 0.223 e. The van der Waals surface area contributed by atoms with Crippen LogP contribution in [0.25, 0.3) is 0 Å². The van der Waals surface area contributed by atoms with E-state index in [4.69, 9.17) is 4.99 Å². The Hall–Kier alpha value is -1.26. The molecular weight excluding hydrogens is 288 g/mol. The van der Waals surface area contributed by atoms with Gasteiger partial charge in [-0.1, -0.05) is 26.7 Å². The minimum absolute atomic E-state index is 0.139. The van der Waals surface area contributed by atoms with Gasteiger partial charge in [-0.05, 0) is 37.5 Å². The van der Waals surface area contributed by atoms with Crippen molar-refractivity contribution in [3.8, 4) is 0 Å². The highest BCUT2D eigenvalue weighted by molar-refractivity contribution is 5.81. The molecule has 1 saturated carbocycles. The topological polar surface area (TPSA) is 56.7 Å². The molecular formula is C18H36N4O. The number of nitrogens with one attached hydrogen (secondary N) is 2. The minimum Gasteiger partial charge on any atom is -0.357 e. The van der Waals surface area contributed by atoms with Gasteiger partial charge in [-0.25, -0.2) is 0 Å². The summed E-state index contributed by atoms with van der Waals surface area (Å²) in [7, 11) is 3.58. The Bertz CT molecular complexity index is 384. The second-order valence-corrected chi connectivity index (χ2v) is 7.47. The van der Waals surface area contributed by atoms with Crippen LogP contribution in [-0.2, 0) is 4.79 Å². The summed E-state index contributed by atoms with van der Waals surface area (Å²) in [5.74, 6) is 1.70. The normalized spacial score (nSPS) is 17.4. The first-order valence-electron chi connectivity index (χ1n) is 9.11. The number of hydrogen-bond acceptors (Lipinski definition) is 2. The van der Waals surface area contributed by atoms with Crippen molar-refractivity contribution >= 4 is 11.9 Å². The first-order valence-corrected chi connectivity index (χ1v) is 9.11. The van der Waals surface area contributed by atoms with E-state index in [1.807, 2.05) is 0 Å². The first kappa shape index (κ1) is 19.8. The van der Waals surface area contributed by atoms with E-state index in [0.717, 1.165) is 25.0 Å². The van der Waals surface area contributed by atoms with Crippen LogP contribution in [0.2, 0.25) is 0 Å². The second-order valence-electron chi connectivity index (χ2n) is 7.47. The van der Waals surface area contributed by atoms with E-state index in [0.29, 0.717) is 18.4 Å². The van der Waals surface area contributed by atoms with Gasteiger partial charge in [0.1, 0.15) is 0 Å². The van der Waals surface area contributed by atoms with E-state index in [1.54, 1.807) is 19.0 Å². The van der Waals surface area contributed by atoms with Crippen molar-refractivity contribution in [2.45, 2.75) is 59.3 Å². The Balaban J connectivity index is 2.57. The standard InChI is InChI=1S/C18H36N4O/c1-6-19-17(20-12-9-16(23)22(4)5)21-14-18(13-15(2)3)10-7-8-11-18/h15H,6-14H2,1-5H3,(H2,19,20,21). The molecule has 0 aromatic carbocycles. The molecule has 1 rings (SSSR count). The fraction of sp³-hybridized carbons (Fsp3) is 0.889. The third kappa shape index (κ3) is 7.23. The maximum atomic E-state index is 11.6. The zero-order valence-corrected chi connectivity index (χ0v) is 15.7. The SMILES string of the molecule is CCNC(=NCC1(CC(C)C)CCCC1)NCCC(=O)N(C)C. The van der Waals surface area contributed by atoms with Crippen molar-refractivity contribution < 1.29 is 4.79 Å². The summed E-state index contributed by atoms with van der Waals surface area (Å²) in [4.78, 5) is 18.1. The van der Waals surface area contributed by atoms with Gasteiger partial charge in [0.05, 0.1) is 0 Å². The molecule has 0 aromatic rings. The Kier molecular flexibility index (Phi) is 8.42. The minimum atomic E-state index is 0.139. The summed E-state index contributed by atoms with van der Waals surface area (Å²) in [6.07, 6.45) is 7.02. The monoisotopic (exact) mass is 324 g/mol. The van der Waals surface area contributed by atoms with Crippen LogP contribution in [0.4, 0.5) is 0 Å². The highest BCUT2D eigenvalue weighted by Gasteiger charge is 2.34. The van der Waals surface area contributed by atoms with Crippen LogP contribution in [-0.4, -0.2) is 50.5 Å². The lowest BCUT2D eigenvalue weighted by atomic mass is 9.78. The molecule has 0 radical (unpaired) electrons. The van der Waals surface area contributed by atoms with Crippen LogP contribution in [0.3, 0.4) is 0 Å². The molecule has 134 valence electrons. The summed E-state index contributed by atoms with van der Waals surface area (Å²) in [6, 6.07) is 0. The van der Waals surface area contributed by atoms with Crippen molar-refractivity contribution in [3.05, 3.63) is 0 Å². The Morgan fingerprint density at radius 3 is 2.39 bits per heavy atom. The summed E-state index contributed by atoms with van der Waals surface area (Å²) in [6.45, 7) is 9.04. The molecule has 0 saturated heterocycles. The molecule has 1 aliphatic carbocycles. The smallest absolute Gasteiger partial charge is 0.223 e. The Morgan fingerprint density at radius 2 is 1.87 bits per heavy atom. The second kappa shape index (κ2) is 9.78. The number of rotatable bonds is 8. The number of nitrogens with zero attached hydrogens (tertiary/aromatic N) is 2. The number of aliphatic imine (C=N–C) groups is 1. The average Bonchev–Trinajstić information content (AvgIpc) is 2.92. The number of carbonyl (C=O) groups is 1. The van der Waals surface area contributed by atoms with Gasteiger partial charge in [-0.2, -0.15) is 0 Å². The first-order chi connectivity index (χ1) is 10.9. The molecule has 0 aromatic heterocycles. The van der Waals surface area contributed by atoms with Gasteiger partial charge in [-0.15, -0.1) is 0 Å². The van der Waals surface area contributed by atoms with Crippen LogP contribution in [0.5, 0.6) is 0 Å². The van der Waals surface area contributed by atoms with Crippen LogP contribution in [0.15, 0.2) is 4.99 Å². The lowest BCUT2D eigenvalue weighted by Gasteiger charge is -2.29. The summed E-state index contributed by atoms with van der Waals surface area (Å²) in [5, 5.41) is 6.59. The summed E-state index contributed by atoms with van der Waals surface area (Å²) in [5.41, 5.74) is 0.385. The fourth-order valence-electron chi connectivity index (χ4n) is 3.52. The van der Waals surface area contributed by atoms with Gasteiger partial charge in [0, 0.05) is 40.2 Å². The van der Waals surface area contributed by atoms with Crippen LogP contribution < -0.4 is 10.6 Å². The molecule has 23 heavy (non-hydrogen) atoms. The molecule has 0 unspecified atom stereocenters. The van der Waals surface area contributed by atoms with Crippen molar-refractivity contribution in [2.75, 3.05) is 33.7 Å². The molecule has 5 nitrogen and oxygen atoms in total. The lowest BCUT2D eigenvalue weighted by Crippen LogP contribution is -2.40. The van der Waals surface area contributed by atoms with Crippen LogP contribution in [0, 0.1) is 11.3 Å². The quantitative estimate of drug-likeness (QED) is 0.533. The maximum absolute atomic E-state index is 11.6. The van der Waals surface area contributed by atoms with Crippen molar-refractivity contribution in [1.29, 1.82) is 0 Å². The van der Waals surface area contributed by atoms with Crippen molar-refractivity contribution in [3.63, 3.8) is 0 Å². The molecule has 1 amide bonds. The molecule has 0 atom stereocenters. The lowest BCUT2D eigenvalue weighted by molar-refractivity contribution is -0.128. The number of guanidine groups is 1. The fourth-order valence-corrected chi connectivity index (χ4v) is 3.52. The summed E-state index contributed by atoms with van der Waals surface area (Å²) < 4.78 is 0. The van der Waals surface area contributed by atoms with Crippen molar-refractivity contribution in [1.82, 2.24) is 15.5 Å². The third-order valence-corrected chi connectivity index (χ3v) is 4.55. The van der Waals surface area contributed by atoms with E-state index in [-0.39, 0.29) is 5.91 Å². The molecule has 0 bridgehead atoms. The average molecular weight is 325 g/mol. The zero-order chi connectivity index (χ0) is 17.3. The predicted molar refractivity (Wildman–Crippen MR) is 97.6 cm³/mol. The molecule has 1 fully saturated rings. The molecule has 2 N–H and O–H groups in total. The largest absolute Gasteiger partial charge is 0.357 e. The molecule has 0 heterocycles. The third-order valence-electron chi connectivity index (χ3n) is 4.55. The Labute approximate surface area is 142 Å². The molecule has 0 aliphatic heterocycles.